The van der Waals surface area contributed by atoms with E-state index in [4.69, 9.17) is 0 Å². The molecule has 0 saturated carbocycles. The average molecular weight is 459 g/mol. The first-order valence-corrected chi connectivity index (χ1v) is 11.1. The van der Waals surface area contributed by atoms with Crippen LogP contribution in [-0.4, -0.2) is 52.2 Å². The summed E-state index contributed by atoms with van der Waals surface area (Å²) in [6, 6.07) is 15.5. The SMILES string of the molecule is CCN(CC)c1cc(C)nc(Nc2ccc(NC(=O)CN3C(=O)c4ccccc4C3=O)cc2)n1. The van der Waals surface area contributed by atoms with Crippen molar-refractivity contribution < 1.29 is 14.4 Å². The van der Waals surface area contributed by atoms with Crippen molar-refractivity contribution in [2.45, 2.75) is 20.8 Å². The van der Waals surface area contributed by atoms with E-state index in [0.29, 0.717) is 22.8 Å². The van der Waals surface area contributed by atoms with E-state index in [-0.39, 0.29) is 6.54 Å². The second-order valence-corrected chi connectivity index (χ2v) is 7.86. The first-order valence-electron chi connectivity index (χ1n) is 11.1. The number of aryl methyl sites for hydroxylation is 1. The van der Waals surface area contributed by atoms with Crippen molar-refractivity contribution in [1.29, 1.82) is 0 Å². The molecule has 2 aromatic carbocycles. The molecule has 0 aliphatic carbocycles. The molecule has 9 heteroatoms. The Balaban J connectivity index is 1.39. The number of imide groups is 1. The lowest BCUT2D eigenvalue weighted by Crippen LogP contribution is -2.37. The lowest BCUT2D eigenvalue weighted by Gasteiger charge is -2.20. The molecular formula is C25H26N6O3. The van der Waals surface area contributed by atoms with E-state index in [1.165, 1.54) is 0 Å². The first kappa shape index (κ1) is 22.9. The molecule has 1 aromatic heterocycles. The number of carbonyl (C=O) groups is 3. The Hall–Kier alpha value is -4.27. The minimum Gasteiger partial charge on any atom is -0.357 e. The standard InChI is InChI=1S/C25H26N6O3/c1-4-30(5-2)21-14-16(3)26-25(29-21)28-18-12-10-17(11-13-18)27-22(32)15-31-23(33)19-8-6-7-9-20(19)24(31)34/h6-14H,4-5,15H2,1-3H3,(H,27,32)(H,26,28,29). The number of nitrogens with one attached hydrogen (secondary N) is 2. The van der Waals surface area contributed by atoms with Crippen molar-refractivity contribution in [2.24, 2.45) is 0 Å². The minimum atomic E-state index is -0.461. The van der Waals surface area contributed by atoms with E-state index in [2.05, 4.69) is 39.3 Å². The normalized spacial score (nSPS) is 12.5. The summed E-state index contributed by atoms with van der Waals surface area (Å²) in [5.41, 5.74) is 2.79. The number of rotatable bonds is 8. The number of aromatic nitrogens is 2. The van der Waals surface area contributed by atoms with Gasteiger partial charge in [0.2, 0.25) is 11.9 Å². The maximum Gasteiger partial charge on any atom is 0.262 e. The smallest absolute Gasteiger partial charge is 0.262 e. The molecule has 0 fully saturated rings. The number of anilines is 4. The van der Waals surface area contributed by atoms with Gasteiger partial charge >= 0.3 is 0 Å². The highest BCUT2D eigenvalue weighted by Gasteiger charge is 2.36. The molecule has 2 N–H and O–H groups in total. The summed E-state index contributed by atoms with van der Waals surface area (Å²) < 4.78 is 0. The van der Waals surface area contributed by atoms with Gasteiger partial charge in [-0.05, 0) is 57.2 Å². The molecule has 34 heavy (non-hydrogen) atoms. The summed E-state index contributed by atoms with van der Waals surface area (Å²) in [6.07, 6.45) is 0. The number of carbonyl (C=O) groups excluding carboxylic acids is 3. The molecule has 4 rings (SSSR count). The van der Waals surface area contributed by atoms with Crippen molar-refractivity contribution in [1.82, 2.24) is 14.9 Å². The Labute approximate surface area is 197 Å². The fourth-order valence-electron chi connectivity index (χ4n) is 3.81. The molecule has 174 valence electrons. The number of benzene rings is 2. The quantitative estimate of drug-likeness (QED) is 0.497. The Bertz CT molecular complexity index is 1200. The molecule has 0 radical (unpaired) electrons. The minimum absolute atomic E-state index is 0.318. The van der Waals surface area contributed by atoms with Gasteiger partial charge in [-0.15, -0.1) is 0 Å². The zero-order valence-corrected chi connectivity index (χ0v) is 19.3. The predicted molar refractivity (Wildman–Crippen MR) is 130 cm³/mol. The van der Waals surface area contributed by atoms with Gasteiger partial charge in [0.15, 0.2) is 0 Å². The monoisotopic (exact) mass is 458 g/mol. The summed E-state index contributed by atoms with van der Waals surface area (Å²) in [6.45, 7) is 7.43. The number of nitrogens with zero attached hydrogens (tertiary/aromatic N) is 4. The molecule has 0 spiro atoms. The average Bonchev–Trinajstić information content (AvgIpc) is 3.06. The van der Waals surface area contributed by atoms with Crippen molar-refractivity contribution in [3.63, 3.8) is 0 Å². The van der Waals surface area contributed by atoms with E-state index in [1.807, 2.05) is 13.0 Å². The van der Waals surface area contributed by atoms with Crippen LogP contribution in [0.4, 0.5) is 23.1 Å². The summed E-state index contributed by atoms with van der Waals surface area (Å²) in [5, 5.41) is 5.92. The maximum atomic E-state index is 12.5. The second kappa shape index (κ2) is 9.70. The number of hydrogen-bond acceptors (Lipinski definition) is 7. The zero-order chi connectivity index (χ0) is 24.2. The van der Waals surface area contributed by atoms with Gasteiger partial charge in [0, 0.05) is 36.2 Å². The molecule has 0 bridgehead atoms. The van der Waals surface area contributed by atoms with E-state index < -0.39 is 17.7 Å². The zero-order valence-electron chi connectivity index (χ0n) is 19.3. The van der Waals surface area contributed by atoms with Crippen LogP contribution < -0.4 is 15.5 Å². The predicted octanol–water partition coefficient (Wildman–Crippen LogP) is 3.61. The fourth-order valence-corrected chi connectivity index (χ4v) is 3.81. The Morgan fingerprint density at radius 3 is 2.09 bits per heavy atom. The van der Waals surface area contributed by atoms with Crippen LogP contribution in [0.3, 0.4) is 0 Å². The van der Waals surface area contributed by atoms with Gasteiger partial charge in [0.25, 0.3) is 11.8 Å². The maximum absolute atomic E-state index is 12.5. The second-order valence-electron chi connectivity index (χ2n) is 7.86. The highest BCUT2D eigenvalue weighted by molar-refractivity contribution is 6.22. The van der Waals surface area contributed by atoms with Crippen molar-refractivity contribution in [3.8, 4) is 0 Å². The van der Waals surface area contributed by atoms with E-state index in [0.717, 1.165) is 35.2 Å². The Kier molecular flexibility index (Phi) is 6.53. The highest BCUT2D eigenvalue weighted by atomic mass is 16.2. The summed E-state index contributed by atoms with van der Waals surface area (Å²) in [4.78, 5) is 49.5. The van der Waals surface area contributed by atoms with Gasteiger partial charge in [-0.3, -0.25) is 19.3 Å². The summed E-state index contributed by atoms with van der Waals surface area (Å²) >= 11 is 0. The molecule has 1 aliphatic heterocycles. The third kappa shape index (κ3) is 4.73. The Morgan fingerprint density at radius 1 is 0.912 bits per heavy atom. The lowest BCUT2D eigenvalue weighted by molar-refractivity contribution is -0.116. The van der Waals surface area contributed by atoms with Gasteiger partial charge < -0.3 is 15.5 Å². The van der Waals surface area contributed by atoms with Gasteiger partial charge in [-0.25, -0.2) is 4.98 Å². The third-order valence-corrected chi connectivity index (χ3v) is 5.53. The molecule has 2 heterocycles. The number of amides is 3. The van der Waals surface area contributed by atoms with Gasteiger partial charge in [0.05, 0.1) is 11.1 Å². The molecule has 3 amide bonds. The lowest BCUT2D eigenvalue weighted by atomic mass is 10.1. The highest BCUT2D eigenvalue weighted by Crippen LogP contribution is 2.23. The van der Waals surface area contributed by atoms with Crippen LogP contribution in [-0.2, 0) is 4.79 Å². The molecule has 9 nitrogen and oxygen atoms in total. The molecular weight excluding hydrogens is 432 g/mol. The van der Waals surface area contributed by atoms with Crippen LogP contribution in [0.1, 0.15) is 40.3 Å². The molecule has 1 aliphatic rings. The van der Waals surface area contributed by atoms with Crippen molar-refractivity contribution in [3.05, 3.63) is 71.4 Å². The topological polar surface area (TPSA) is 108 Å². The molecule has 0 saturated heterocycles. The van der Waals surface area contributed by atoms with Crippen molar-refractivity contribution >= 4 is 40.9 Å². The van der Waals surface area contributed by atoms with E-state index in [1.54, 1.807) is 48.5 Å². The number of hydrogen-bond donors (Lipinski definition) is 2. The van der Waals surface area contributed by atoms with Gasteiger partial charge in [-0.2, -0.15) is 4.98 Å². The molecule has 0 atom stereocenters. The van der Waals surface area contributed by atoms with Crippen LogP contribution in [0, 0.1) is 6.92 Å². The van der Waals surface area contributed by atoms with E-state index in [9.17, 15) is 14.4 Å². The van der Waals surface area contributed by atoms with Crippen LogP contribution in [0.5, 0.6) is 0 Å². The fraction of sp³-hybridized carbons (Fsp3) is 0.240. The largest absolute Gasteiger partial charge is 0.357 e. The van der Waals surface area contributed by atoms with Crippen LogP contribution >= 0.6 is 0 Å². The van der Waals surface area contributed by atoms with Crippen molar-refractivity contribution in [2.75, 3.05) is 35.2 Å². The molecule has 3 aromatic rings. The van der Waals surface area contributed by atoms with Crippen LogP contribution in [0.15, 0.2) is 54.6 Å². The Morgan fingerprint density at radius 2 is 1.50 bits per heavy atom. The third-order valence-electron chi connectivity index (χ3n) is 5.53. The van der Waals surface area contributed by atoms with Gasteiger partial charge in [0.1, 0.15) is 12.4 Å². The molecule has 0 unspecified atom stereocenters. The number of fused-ring (bicyclic) bond motifs is 1. The first-order chi connectivity index (χ1) is 16.4. The summed E-state index contributed by atoms with van der Waals surface area (Å²) in [5.74, 6) is -0.0301. The van der Waals surface area contributed by atoms with Crippen LogP contribution in [0.2, 0.25) is 0 Å². The summed E-state index contributed by atoms with van der Waals surface area (Å²) in [7, 11) is 0. The van der Waals surface area contributed by atoms with Gasteiger partial charge in [-0.1, -0.05) is 12.1 Å². The van der Waals surface area contributed by atoms with E-state index >= 15 is 0 Å². The van der Waals surface area contributed by atoms with Crippen LogP contribution in [0.25, 0.3) is 0 Å².